The Morgan fingerprint density at radius 1 is 1.16 bits per heavy atom. The quantitative estimate of drug-likeness (QED) is 0.529. The van der Waals surface area contributed by atoms with E-state index in [4.69, 9.17) is 16.7 Å². The number of thioether (sulfide) groups is 1. The number of benzene rings is 1. The first kappa shape index (κ1) is 23.3. The monoisotopic (exact) mass is 460 g/mol. The van der Waals surface area contributed by atoms with Crippen LogP contribution in [0.15, 0.2) is 35.7 Å². The number of halogens is 1. The van der Waals surface area contributed by atoms with Gasteiger partial charge in [0.05, 0.1) is 22.7 Å². The van der Waals surface area contributed by atoms with Crippen LogP contribution < -0.4 is 5.32 Å². The van der Waals surface area contributed by atoms with Gasteiger partial charge in [-0.1, -0.05) is 50.2 Å². The molecule has 9 heteroatoms. The molecule has 0 bridgehead atoms. The number of aryl methyl sites for hydroxylation is 1. The summed E-state index contributed by atoms with van der Waals surface area (Å²) >= 11 is 7.57. The van der Waals surface area contributed by atoms with E-state index >= 15 is 0 Å². The van der Waals surface area contributed by atoms with Crippen molar-refractivity contribution in [2.45, 2.75) is 64.6 Å². The number of hydrogen-bond acceptors (Lipinski definition) is 5. The molecular formula is C22H29ClN6OS. The fourth-order valence-corrected chi connectivity index (χ4v) is 3.79. The number of nitrogens with one attached hydrogen (secondary N) is 1. The highest BCUT2D eigenvalue weighted by Gasteiger charge is 2.26. The minimum Gasteiger partial charge on any atom is -0.310 e. The van der Waals surface area contributed by atoms with Gasteiger partial charge in [0, 0.05) is 16.5 Å². The Balaban J connectivity index is 1.74. The number of carbonyl (C=O) groups is 1. The van der Waals surface area contributed by atoms with E-state index in [-0.39, 0.29) is 22.6 Å². The molecule has 1 N–H and O–H groups in total. The predicted molar refractivity (Wildman–Crippen MR) is 126 cm³/mol. The second-order valence-corrected chi connectivity index (χ2v) is 10.9. The van der Waals surface area contributed by atoms with Crippen LogP contribution >= 0.6 is 23.4 Å². The molecule has 0 saturated heterocycles. The zero-order valence-corrected chi connectivity index (χ0v) is 20.6. The van der Waals surface area contributed by atoms with Crippen LogP contribution in [0, 0.1) is 6.92 Å². The molecule has 1 amide bonds. The summed E-state index contributed by atoms with van der Waals surface area (Å²) in [4.78, 5) is 12.7. The normalized spacial score (nSPS) is 12.3. The van der Waals surface area contributed by atoms with Gasteiger partial charge in [0.25, 0.3) is 0 Å². The first-order valence-electron chi connectivity index (χ1n) is 10.1. The highest BCUT2D eigenvalue weighted by Crippen LogP contribution is 2.29. The largest absolute Gasteiger partial charge is 0.310 e. The first-order chi connectivity index (χ1) is 14.4. The lowest BCUT2D eigenvalue weighted by atomic mass is 9.92. The number of anilines is 1. The third kappa shape index (κ3) is 5.49. The van der Waals surface area contributed by atoms with E-state index in [0.29, 0.717) is 16.0 Å². The summed E-state index contributed by atoms with van der Waals surface area (Å²) in [6.07, 6.45) is 1.62. The Bertz CT molecular complexity index is 1090. The fourth-order valence-electron chi connectivity index (χ4n) is 2.89. The zero-order chi connectivity index (χ0) is 23.0. The number of carbonyl (C=O) groups excluding carboxylic acids is 1. The Morgan fingerprint density at radius 3 is 2.48 bits per heavy atom. The summed E-state index contributed by atoms with van der Waals surface area (Å²) in [5, 5.41) is 17.2. The van der Waals surface area contributed by atoms with Crippen molar-refractivity contribution in [3.8, 4) is 5.69 Å². The van der Waals surface area contributed by atoms with Gasteiger partial charge in [-0.3, -0.25) is 9.36 Å². The van der Waals surface area contributed by atoms with Gasteiger partial charge < -0.3 is 5.32 Å². The minimum atomic E-state index is -0.260. The molecule has 2 aromatic heterocycles. The van der Waals surface area contributed by atoms with Crippen molar-refractivity contribution in [1.82, 2.24) is 24.5 Å². The zero-order valence-electron chi connectivity index (χ0n) is 19.0. The molecule has 3 rings (SSSR count). The molecule has 2 heterocycles. The number of rotatable bonds is 5. The molecule has 0 aliphatic carbocycles. The van der Waals surface area contributed by atoms with E-state index in [1.165, 1.54) is 11.8 Å². The average Bonchev–Trinajstić information content (AvgIpc) is 3.28. The Hall–Kier alpha value is -2.32. The van der Waals surface area contributed by atoms with Crippen LogP contribution in [0.4, 0.5) is 5.82 Å². The molecule has 0 radical (unpaired) electrons. The van der Waals surface area contributed by atoms with Crippen molar-refractivity contribution in [1.29, 1.82) is 0 Å². The highest BCUT2D eigenvalue weighted by molar-refractivity contribution is 7.99. The summed E-state index contributed by atoms with van der Waals surface area (Å²) in [6, 6.07) is 7.70. The maximum absolute atomic E-state index is 12.7. The van der Waals surface area contributed by atoms with E-state index < -0.39 is 0 Å². The van der Waals surface area contributed by atoms with E-state index in [1.807, 2.05) is 40.4 Å². The highest BCUT2D eigenvalue weighted by atomic mass is 35.5. The first-order valence-corrected chi connectivity index (χ1v) is 11.4. The predicted octanol–water partition coefficient (Wildman–Crippen LogP) is 5.21. The fraction of sp³-hybridized carbons (Fsp3) is 0.455. The van der Waals surface area contributed by atoms with Crippen molar-refractivity contribution in [2.24, 2.45) is 0 Å². The molecule has 0 fully saturated rings. The lowest BCUT2D eigenvalue weighted by molar-refractivity contribution is -0.113. The van der Waals surface area contributed by atoms with Crippen molar-refractivity contribution in [3.63, 3.8) is 0 Å². The van der Waals surface area contributed by atoms with Gasteiger partial charge in [0.15, 0.2) is 5.16 Å². The SMILES string of the molecule is Cc1ccc(-n2cnnc2SCC(=O)Nc2cc(C(C)(C)C)nn2C(C)(C)C)cc1Cl. The molecule has 31 heavy (non-hydrogen) atoms. The van der Waals surface area contributed by atoms with Crippen LogP contribution in [-0.2, 0) is 15.7 Å². The van der Waals surface area contributed by atoms with Crippen molar-refractivity contribution < 1.29 is 4.79 Å². The summed E-state index contributed by atoms with van der Waals surface area (Å²) in [7, 11) is 0. The lowest BCUT2D eigenvalue weighted by Crippen LogP contribution is -2.27. The summed E-state index contributed by atoms with van der Waals surface area (Å²) in [5.74, 6) is 0.750. The van der Waals surface area contributed by atoms with E-state index in [1.54, 1.807) is 6.33 Å². The minimum absolute atomic E-state index is 0.115. The van der Waals surface area contributed by atoms with E-state index in [0.717, 1.165) is 16.9 Å². The van der Waals surface area contributed by atoms with Crippen LogP contribution in [0.25, 0.3) is 5.69 Å². The van der Waals surface area contributed by atoms with Crippen LogP contribution in [0.2, 0.25) is 5.02 Å². The molecule has 0 aliphatic rings. The number of nitrogens with zero attached hydrogens (tertiary/aromatic N) is 5. The third-order valence-electron chi connectivity index (χ3n) is 4.66. The second kappa shape index (κ2) is 8.67. The van der Waals surface area contributed by atoms with Crippen LogP contribution in [-0.4, -0.2) is 36.2 Å². The van der Waals surface area contributed by atoms with Gasteiger partial charge in [-0.05, 0) is 45.4 Å². The summed E-state index contributed by atoms with van der Waals surface area (Å²) in [5.41, 5.74) is 2.41. The van der Waals surface area contributed by atoms with Gasteiger partial charge >= 0.3 is 0 Å². The van der Waals surface area contributed by atoms with Crippen LogP contribution in [0.5, 0.6) is 0 Å². The average molecular weight is 461 g/mol. The lowest BCUT2D eigenvalue weighted by Gasteiger charge is -2.23. The topological polar surface area (TPSA) is 77.6 Å². The molecule has 1 aromatic carbocycles. The van der Waals surface area contributed by atoms with Gasteiger partial charge in [-0.2, -0.15) is 5.10 Å². The standard InChI is InChI=1S/C22H29ClN6OS/c1-14-8-9-15(10-16(14)23)28-13-24-26-20(28)31-12-19(30)25-18-11-17(21(2,3)4)27-29(18)22(5,6)7/h8-11,13H,12H2,1-7H3,(H,25,30). The molecule has 7 nitrogen and oxygen atoms in total. The van der Waals surface area contributed by atoms with Crippen molar-refractivity contribution in [2.75, 3.05) is 11.1 Å². The molecule has 0 unspecified atom stereocenters. The van der Waals surface area contributed by atoms with Crippen LogP contribution in [0.1, 0.15) is 52.8 Å². The van der Waals surface area contributed by atoms with Gasteiger partial charge in [0.2, 0.25) is 5.91 Å². The number of hydrogen-bond donors (Lipinski definition) is 1. The molecule has 0 aliphatic heterocycles. The molecular weight excluding hydrogens is 432 g/mol. The Kier molecular flexibility index (Phi) is 6.53. The molecule has 3 aromatic rings. The van der Waals surface area contributed by atoms with Crippen molar-refractivity contribution >= 4 is 35.1 Å². The number of amides is 1. The van der Waals surface area contributed by atoms with Crippen molar-refractivity contribution in [3.05, 3.63) is 46.9 Å². The van der Waals surface area contributed by atoms with Gasteiger partial charge in [0.1, 0.15) is 12.1 Å². The van der Waals surface area contributed by atoms with E-state index in [9.17, 15) is 4.79 Å². The van der Waals surface area contributed by atoms with Gasteiger partial charge in [-0.25, -0.2) is 4.68 Å². The molecule has 166 valence electrons. The maximum atomic E-state index is 12.7. The molecule has 0 spiro atoms. The summed E-state index contributed by atoms with van der Waals surface area (Å²) in [6.45, 7) is 14.4. The van der Waals surface area contributed by atoms with E-state index in [2.05, 4.69) is 57.1 Å². The summed E-state index contributed by atoms with van der Waals surface area (Å²) < 4.78 is 3.69. The van der Waals surface area contributed by atoms with Crippen LogP contribution in [0.3, 0.4) is 0 Å². The third-order valence-corrected chi connectivity index (χ3v) is 6.01. The smallest absolute Gasteiger partial charge is 0.235 e. The second-order valence-electron chi connectivity index (χ2n) is 9.50. The number of aromatic nitrogens is 5. The molecule has 0 atom stereocenters. The maximum Gasteiger partial charge on any atom is 0.235 e. The Morgan fingerprint density at radius 2 is 1.87 bits per heavy atom. The molecule has 0 saturated carbocycles. The Labute approximate surface area is 192 Å². The van der Waals surface area contributed by atoms with Gasteiger partial charge in [-0.15, -0.1) is 10.2 Å².